The second kappa shape index (κ2) is 8.86. The number of ether oxygens (including phenoxy) is 2. The van der Waals surface area contributed by atoms with Crippen LogP contribution < -0.4 is 14.8 Å². The van der Waals surface area contributed by atoms with Gasteiger partial charge in [-0.3, -0.25) is 4.79 Å². The van der Waals surface area contributed by atoms with E-state index < -0.39 is 9.84 Å². The molecule has 0 aromatic heterocycles. The largest absolute Gasteiger partial charge is 0.486 e. The van der Waals surface area contributed by atoms with Crippen molar-refractivity contribution in [2.45, 2.75) is 38.1 Å². The summed E-state index contributed by atoms with van der Waals surface area (Å²) in [7, 11) is -3.50. The van der Waals surface area contributed by atoms with E-state index in [4.69, 9.17) is 9.47 Å². The van der Waals surface area contributed by atoms with Crippen molar-refractivity contribution in [1.29, 1.82) is 0 Å². The number of rotatable bonds is 7. The quantitative estimate of drug-likeness (QED) is 0.746. The minimum atomic E-state index is -3.50. The molecule has 0 radical (unpaired) electrons. The maximum Gasteiger partial charge on any atom is 0.221 e. The minimum Gasteiger partial charge on any atom is -0.486 e. The van der Waals surface area contributed by atoms with E-state index in [2.05, 4.69) is 5.32 Å². The molecule has 0 bridgehead atoms. The summed E-state index contributed by atoms with van der Waals surface area (Å²) in [5, 5.41) is 2.97. The van der Waals surface area contributed by atoms with E-state index >= 15 is 0 Å². The molecule has 3 rings (SSSR count). The second-order valence-corrected chi connectivity index (χ2v) is 9.68. The van der Waals surface area contributed by atoms with E-state index in [1.165, 1.54) is 0 Å². The maximum absolute atomic E-state index is 12.5. The summed E-state index contributed by atoms with van der Waals surface area (Å²) in [6, 6.07) is 12.0. The Balaban J connectivity index is 1.66. The predicted molar refractivity (Wildman–Crippen MR) is 111 cm³/mol. The van der Waals surface area contributed by atoms with Gasteiger partial charge in [0.05, 0.1) is 16.7 Å². The average molecular weight is 418 g/mol. The molecule has 1 amide bonds. The van der Waals surface area contributed by atoms with E-state index in [1.54, 1.807) is 24.3 Å². The third kappa shape index (κ3) is 5.29. The number of hydrogen-bond donors (Lipinski definition) is 1. The van der Waals surface area contributed by atoms with Crippen LogP contribution in [0.4, 0.5) is 0 Å². The van der Waals surface area contributed by atoms with Crippen molar-refractivity contribution in [1.82, 2.24) is 5.32 Å². The third-order valence-corrected chi connectivity index (χ3v) is 6.62. The molecule has 29 heavy (non-hydrogen) atoms. The SMILES string of the molecule is Cc1ccc(S(=O)(=O)CCC(=O)N[C@@H](c2ccc3c(c2)OCCO3)C(C)C)cc1. The van der Waals surface area contributed by atoms with Crippen LogP contribution in [0, 0.1) is 12.8 Å². The Morgan fingerprint density at radius 1 is 1.03 bits per heavy atom. The van der Waals surface area contributed by atoms with Gasteiger partial charge in [-0.25, -0.2) is 8.42 Å². The molecule has 1 aliphatic heterocycles. The van der Waals surface area contributed by atoms with Crippen LogP contribution in [0.3, 0.4) is 0 Å². The maximum atomic E-state index is 12.5. The van der Waals surface area contributed by atoms with Gasteiger partial charge >= 0.3 is 0 Å². The van der Waals surface area contributed by atoms with Crippen molar-refractivity contribution in [2.75, 3.05) is 19.0 Å². The standard InChI is InChI=1S/C22H27NO5S/c1-15(2)22(17-6-9-19-20(14-17)28-12-11-27-19)23-21(24)10-13-29(25,26)18-7-4-16(3)5-8-18/h4-9,14-15,22H,10-13H2,1-3H3,(H,23,24)/t22-/m1/s1. The molecule has 156 valence electrons. The Morgan fingerprint density at radius 2 is 1.69 bits per heavy atom. The van der Waals surface area contributed by atoms with Crippen LogP contribution in [0.2, 0.25) is 0 Å². The third-order valence-electron chi connectivity index (χ3n) is 4.89. The molecule has 6 nitrogen and oxygen atoms in total. The number of aryl methyl sites for hydroxylation is 1. The van der Waals surface area contributed by atoms with E-state index in [9.17, 15) is 13.2 Å². The van der Waals surface area contributed by atoms with Crippen molar-refractivity contribution in [3.63, 3.8) is 0 Å². The van der Waals surface area contributed by atoms with Gasteiger partial charge in [-0.05, 0) is 42.7 Å². The van der Waals surface area contributed by atoms with E-state index in [1.807, 2.05) is 39.0 Å². The van der Waals surface area contributed by atoms with E-state index in [-0.39, 0.29) is 34.9 Å². The van der Waals surface area contributed by atoms with Crippen LogP contribution in [-0.2, 0) is 14.6 Å². The number of carbonyl (C=O) groups excluding carboxylic acids is 1. The lowest BCUT2D eigenvalue weighted by Gasteiger charge is -2.25. The van der Waals surface area contributed by atoms with Crippen LogP contribution in [0.25, 0.3) is 0 Å². The molecule has 0 spiro atoms. The number of hydrogen-bond acceptors (Lipinski definition) is 5. The summed E-state index contributed by atoms with van der Waals surface area (Å²) in [5.74, 6) is 0.950. The first-order chi connectivity index (χ1) is 13.8. The van der Waals surface area contributed by atoms with Gasteiger partial charge in [-0.2, -0.15) is 0 Å². The topological polar surface area (TPSA) is 81.7 Å². The molecule has 0 aliphatic carbocycles. The summed E-state index contributed by atoms with van der Waals surface area (Å²) in [6.45, 7) is 6.92. The highest BCUT2D eigenvalue weighted by molar-refractivity contribution is 7.91. The van der Waals surface area contributed by atoms with Gasteiger partial charge in [-0.15, -0.1) is 0 Å². The van der Waals surface area contributed by atoms with Gasteiger partial charge in [0.15, 0.2) is 21.3 Å². The Hall–Kier alpha value is -2.54. The molecule has 0 fully saturated rings. The summed E-state index contributed by atoms with van der Waals surface area (Å²) in [4.78, 5) is 12.8. The fourth-order valence-corrected chi connectivity index (χ4v) is 4.47. The highest BCUT2D eigenvalue weighted by Gasteiger charge is 2.23. The molecule has 7 heteroatoms. The van der Waals surface area contributed by atoms with Crippen LogP contribution >= 0.6 is 0 Å². The first kappa shape index (κ1) is 21.2. The molecule has 2 aromatic carbocycles. The zero-order valence-corrected chi connectivity index (χ0v) is 17.8. The monoisotopic (exact) mass is 417 g/mol. The van der Waals surface area contributed by atoms with Gasteiger partial charge in [0.2, 0.25) is 5.91 Å². The van der Waals surface area contributed by atoms with Gasteiger partial charge in [-0.1, -0.05) is 37.6 Å². The summed E-state index contributed by atoms with van der Waals surface area (Å²) in [6.07, 6.45) is -0.0933. The molecule has 0 saturated carbocycles. The van der Waals surface area contributed by atoms with Crippen LogP contribution in [-0.4, -0.2) is 33.3 Å². The highest BCUT2D eigenvalue weighted by Crippen LogP contribution is 2.34. The van der Waals surface area contributed by atoms with Gasteiger partial charge in [0.1, 0.15) is 13.2 Å². The van der Waals surface area contributed by atoms with Gasteiger partial charge < -0.3 is 14.8 Å². The second-order valence-electron chi connectivity index (χ2n) is 7.57. The lowest BCUT2D eigenvalue weighted by Crippen LogP contribution is -2.33. The molecule has 1 aliphatic rings. The fourth-order valence-electron chi connectivity index (χ4n) is 3.22. The van der Waals surface area contributed by atoms with Crippen molar-refractivity contribution in [3.05, 3.63) is 53.6 Å². The number of benzene rings is 2. The highest BCUT2D eigenvalue weighted by atomic mass is 32.2. The number of sulfone groups is 1. The van der Waals surface area contributed by atoms with E-state index in [0.29, 0.717) is 24.7 Å². The molecular weight excluding hydrogens is 390 g/mol. The smallest absolute Gasteiger partial charge is 0.221 e. The lowest BCUT2D eigenvalue weighted by atomic mass is 9.95. The number of amides is 1. The Kier molecular flexibility index (Phi) is 6.47. The first-order valence-corrected chi connectivity index (χ1v) is 11.4. The number of carbonyl (C=O) groups is 1. The average Bonchev–Trinajstić information content (AvgIpc) is 2.70. The Morgan fingerprint density at radius 3 is 2.34 bits per heavy atom. The minimum absolute atomic E-state index is 0.0933. The van der Waals surface area contributed by atoms with Gasteiger partial charge in [0, 0.05) is 6.42 Å². The summed E-state index contributed by atoms with van der Waals surface area (Å²) < 4.78 is 36.2. The Labute approximate surface area is 172 Å². The van der Waals surface area contributed by atoms with E-state index in [0.717, 1.165) is 11.1 Å². The Bertz CT molecular complexity index is 967. The molecular formula is C22H27NO5S. The first-order valence-electron chi connectivity index (χ1n) is 9.74. The molecule has 1 heterocycles. The molecule has 1 N–H and O–H groups in total. The van der Waals surface area contributed by atoms with Crippen LogP contribution in [0.1, 0.15) is 37.4 Å². The van der Waals surface area contributed by atoms with Crippen LogP contribution in [0.15, 0.2) is 47.4 Å². The summed E-state index contributed by atoms with van der Waals surface area (Å²) >= 11 is 0. The van der Waals surface area contributed by atoms with Crippen molar-refractivity contribution in [2.24, 2.45) is 5.92 Å². The van der Waals surface area contributed by atoms with Crippen molar-refractivity contribution in [3.8, 4) is 11.5 Å². The normalized spacial score (nSPS) is 14.5. The van der Waals surface area contributed by atoms with Crippen molar-refractivity contribution < 1.29 is 22.7 Å². The molecule has 1 atom stereocenters. The van der Waals surface area contributed by atoms with Gasteiger partial charge in [0.25, 0.3) is 0 Å². The fraction of sp³-hybridized carbons (Fsp3) is 0.409. The predicted octanol–water partition coefficient (Wildman–Crippen LogP) is 3.44. The van der Waals surface area contributed by atoms with Crippen molar-refractivity contribution >= 4 is 15.7 Å². The number of fused-ring (bicyclic) bond motifs is 1. The lowest BCUT2D eigenvalue weighted by molar-refractivity contribution is -0.121. The zero-order valence-electron chi connectivity index (χ0n) is 17.0. The summed E-state index contributed by atoms with van der Waals surface area (Å²) in [5.41, 5.74) is 1.89. The zero-order chi connectivity index (χ0) is 21.0. The van der Waals surface area contributed by atoms with Crippen LogP contribution in [0.5, 0.6) is 11.5 Å². The molecule has 2 aromatic rings. The number of nitrogens with one attached hydrogen (secondary N) is 1. The molecule has 0 unspecified atom stereocenters. The molecule has 0 saturated heterocycles.